The first kappa shape index (κ1) is 9.61. The van der Waals surface area contributed by atoms with E-state index in [2.05, 4.69) is 10.1 Å². The van der Waals surface area contributed by atoms with Crippen molar-refractivity contribution >= 4 is 0 Å². The molecule has 0 amide bonds. The van der Waals surface area contributed by atoms with Crippen LogP contribution < -0.4 is 5.73 Å². The van der Waals surface area contributed by atoms with Gasteiger partial charge in [-0.05, 0) is 19.3 Å². The summed E-state index contributed by atoms with van der Waals surface area (Å²) in [4.78, 5) is 4.05. The average molecular weight is 197 g/mol. The summed E-state index contributed by atoms with van der Waals surface area (Å²) in [6, 6.07) is 0.169. The van der Waals surface area contributed by atoms with Gasteiger partial charge in [-0.15, -0.1) is 0 Å². The maximum atomic E-state index is 5.86. The van der Waals surface area contributed by atoms with Crippen molar-refractivity contribution in [2.45, 2.75) is 44.9 Å². The minimum Gasteiger partial charge on any atom is -0.368 e. The van der Waals surface area contributed by atoms with E-state index in [0.29, 0.717) is 18.3 Å². The van der Waals surface area contributed by atoms with Crippen LogP contribution in [0.25, 0.3) is 0 Å². The van der Waals surface area contributed by atoms with Crippen LogP contribution in [0, 0.1) is 6.92 Å². The van der Waals surface area contributed by atoms with Gasteiger partial charge in [-0.25, -0.2) is 0 Å². The van der Waals surface area contributed by atoms with Gasteiger partial charge in [-0.2, -0.15) is 4.98 Å². The largest absolute Gasteiger partial charge is 0.368 e. The van der Waals surface area contributed by atoms with E-state index in [4.69, 9.17) is 15.0 Å². The van der Waals surface area contributed by atoms with Gasteiger partial charge >= 0.3 is 0 Å². The van der Waals surface area contributed by atoms with Crippen LogP contribution in [0.3, 0.4) is 0 Å². The summed E-state index contributed by atoms with van der Waals surface area (Å²) in [6.07, 6.45) is 3.40. The molecule has 5 nitrogen and oxygen atoms in total. The number of rotatable bonds is 3. The summed E-state index contributed by atoms with van der Waals surface area (Å²) in [7, 11) is 0. The topological polar surface area (TPSA) is 74.2 Å². The Morgan fingerprint density at radius 3 is 3.00 bits per heavy atom. The zero-order chi connectivity index (χ0) is 9.97. The van der Waals surface area contributed by atoms with Crippen LogP contribution in [0.1, 0.15) is 31.0 Å². The Morgan fingerprint density at radius 1 is 1.57 bits per heavy atom. The lowest BCUT2D eigenvalue weighted by molar-refractivity contribution is 0.0310. The number of aromatic nitrogens is 2. The molecule has 2 unspecified atom stereocenters. The monoisotopic (exact) mass is 197 g/mol. The summed E-state index contributed by atoms with van der Waals surface area (Å²) >= 11 is 0. The minimum absolute atomic E-state index is 0.161. The highest BCUT2D eigenvalue weighted by Crippen LogP contribution is 2.20. The molecule has 0 aromatic carbocycles. The second kappa shape index (κ2) is 4.06. The molecular formula is C9H15N3O2. The smallest absolute Gasteiger partial charge is 0.223 e. The summed E-state index contributed by atoms with van der Waals surface area (Å²) in [5.74, 6) is 1.17. The zero-order valence-corrected chi connectivity index (χ0v) is 8.27. The molecule has 1 heterocycles. The van der Waals surface area contributed by atoms with Crippen molar-refractivity contribution in [3.8, 4) is 0 Å². The molecule has 0 radical (unpaired) electrons. The van der Waals surface area contributed by atoms with E-state index >= 15 is 0 Å². The van der Waals surface area contributed by atoms with E-state index in [0.717, 1.165) is 19.3 Å². The van der Waals surface area contributed by atoms with Crippen LogP contribution in [-0.2, 0) is 11.3 Å². The van der Waals surface area contributed by atoms with Crippen LogP contribution in [0.5, 0.6) is 0 Å². The van der Waals surface area contributed by atoms with Gasteiger partial charge in [0.15, 0.2) is 5.82 Å². The van der Waals surface area contributed by atoms with Gasteiger partial charge in [0.25, 0.3) is 0 Å². The van der Waals surface area contributed by atoms with E-state index in [-0.39, 0.29) is 12.1 Å². The first-order valence-electron chi connectivity index (χ1n) is 4.92. The zero-order valence-electron chi connectivity index (χ0n) is 8.27. The quantitative estimate of drug-likeness (QED) is 0.774. The van der Waals surface area contributed by atoms with Gasteiger partial charge in [0.05, 0.1) is 6.10 Å². The van der Waals surface area contributed by atoms with Crippen molar-refractivity contribution in [2.75, 3.05) is 0 Å². The number of hydrogen-bond acceptors (Lipinski definition) is 5. The maximum Gasteiger partial charge on any atom is 0.223 e. The molecule has 14 heavy (non-hydrogen) atoms. The van der Waals surface area contributed by atoms with Crippen LogP contribution >= 0.6 is 0 Å². The molecule has 1 saturated carbocycles. The predicted octanol–water partition coefficient (Wildman–Crippen LogP) is 0.774. The van der Waals surface area contributed by atoms with Crippen LogP contribution in [0.15, 0.2) is 4.52 Å². The van der Waals surface area contributed by atoms with Gasteiger partial charge in [0.2, 0.25) is 5.89 Å². The fraction of sp³-hybridized carbons (Fsp3) is 0.778. The Labute approximate surface area is 82.6 Å². The molecule has 1 aliphatic rings. The van der Waals surface area contributed by atoms with E-state index < -0.39 is 0 Å². The molecule has 0 spiro atoms. The van der Waals surface area contributed by atoms with Crippen molar-refractivity contribution < 1.29 is 9.26 Å². The van der Waals surface area contributed by atoms with Crippen molar-refractivity contribution in [1.82, 2.24) is 10.1 Å². The van der Waals surface area contributed by atoms with Crippen molar-refractivity contribution in [3.05, 3.63) is 11.7 Å². The molecule has 0 bridgehead atoms. The lowest BCUT2D eigenvalue weighted by Gasteiger charge is -2.14. The van der Waals surface area contributed by atoms with Crippen LogP contribution in [0.2, 0.25) is 0 Å². The fourth-order valence-corrected chi connectivity index (χ4v) is 1.74. The fourth-order valence-electron chi connectivity index (χ4n) is 1.74. The second-order valence-electron chi connectivity index (χ2n) is 3.67. The minimum atomic E-state index is 0.161. The SMILES string of the molecule is Cc1nc(COC2CCCC2N)no1. The van der Waals surface area contributed by atoms with E-state index in [1.165, 1.54) is 0 Å². The third-order valence-electron chi connectivity index (χ3n) is 2.50. The molecule has 1 aliphatic carbocycles. The van der Waals surface area contributed by atoms with Crippen LogP contribution in [-0.4, -0.2) is 22.3 Å². The molecule has 1 aromatic heterocycles. The van der Waals surface area contributed by atoms with Crippen molar-refractivity contribution in [3.63, 3.8) is 0 Å². The Bertz CT molecular complexity index is 300. The highest BCUT2D eigenvalue weighted by Gasteiger charge is 2.24. The standard InChI is InChI=1S/C9H15N3O2/c1-6-11-9(12-14-6)5-13-8-4-2-3-7(8)10/h7-8H,2-5,10H2,1H3. The summed E-state index contributed by atoms with van der Waals surface area (Å²) < 4.78 is 10.4. The van der Waals surface area contributed by atoms with E-state index in [1.807, 2.05) is 0 Å². The van der Waals surface area contributed by atoms with Gasteiger partial charge in [0.1, 0.15) is 6.61 Å². The average Bonchev–Trinajstić information content (AvgIpc) is 2.72. The number of nitrogens with zero attached hydrogens (tertiary/aromatic N) is 2. The maximum absolute atomic E-state index is 5.86. The molecular weight excluding hydrogens is 182 g/mol. The van der Waals surface area contributed by atoms with Crippen LogP contribution in [0.4, 0.5) is 0 Å². The Kier molecular flexibility index (Phi) is 2.79. The van der Waals surface area contributed by atoms with Gasteiger partial charge < -0.3 is 15.0 Å². The Morgan fingerprint density at radius 2 is 2.43 bits per heavy atom. The third kappa shape index (κ3) is 2.10. The number of hydrogen-bond donors (Lipinski definition) is 1. The molecule has 2 rings (SSSR count). The van der Waals surface area contributed by atoms with E-state index in [9.17, 15) is 0 Å². The highest BCUT2D eigenvalue weighted by atomic mass is 16.5. The summed E-state index contributed by atoms with van der Waals surface area (Å²) in [5.41, 5.74) is 5.86. The normalized spacial score (nSPS) is 27.0. The first-order valence-corrected chi connectivity index (χ1v) is 4.92. The summed E-state index contributed by atoms with van der Waals surface area (Å²) in [6.45, 7) is 2.16. The molecule has 0 aliphatic heterocycles. The molecule has 5 heteroatoms. The molecule has 1 aromatic rings. The number of ether oxygens (including phenoxy) is 1. The summed E-state index contributed by atoms with van der Waals surface area (Å²) in [5, 5.41) is 3.75. The lowest BCUT2D eigenvalue weighted by atomic mass is 10.2. The molecule has 78 valence electrons. The predicted molar refractivity (Wildman–Crippen MR) is 49.4 cm³/mol. The highest BCUT2D eigenvalue weighted by molar-refractivity contribution is 4.84. The molecule has 0 saturated heterocycles. The Hall–Kier alpha value is -0.940. The van der Waals surface area contributed by atoms with E-state index in [1.54, 1.807) is 6.92 Å². The molecule has 2 N–H and O–H groups in total. The lowest BCUT2D eigenvalue weighted by Crippen LogP contribution is -2.31. The molecule has 1 fully saturated rings. The number of aryl methyl sites for hydroxylation is 1. The van der Waals surface area contributed by atoms with Gasteiger partial charge in [-0.3, -0.25) is 0 Å². The van der Waals surface area contributed by atoms with Crippen molar-refractivity contribution in [2.24, 2.45) is 5.73 Å². The molecule has 2 atom stereocenters. The number of nitrogens with two attached hydrogens (primary N) is 1. The van der Waals surface area contributed by atoms with Gasteiger partial charge in [0, 0.05) is 13.0 Å². The Balaban J connectivity index is 1.82. The first-order chi connectivity index (χ1) is 6.75. The van der Waals surface area contributed by atoms with Crippen molar-refractivity contribution in [1.29, 1.82) is 0 Å². The third-order valence-corrected chi connectivity index (χ3v) is 2.50. The van der Waals surface area contributed by atoms with Gasteiger partial charge in [-0.1, -0.05) is 5.16 Å². The second-order valence-corrected chi connectivity index (χ2v) is 3.67.